The first kappa shape index (κ1) is 16.5. The molecule has 1 aliphatic rings. The van der Waals surface area contributed by atoms with Crippen molar-refractivity contribution < 1.29 is 14.6 Å². The highest BCUT2D eigenvalue weighted by molar-refractivity contribution is 9.10. The number of rotatable bonds is 7. The maximum atomic E-state index is 12.5. The number of ketones is 1. The normalized spacial score (nSPS) is 15.6. The van der Waals surface area contributed by atoms with Gasteiger partial charge in [0.2, 0.25) is 0 Å². The van der Waals surface area contributed by atoms with Gasteiger partial charge in [-0.25, -0.2) is 0 Å². The first-order chi connectivity index (χ1) is 10.2. The highest BCUT2D eigenvalue weighted by atomic mass is 79.9. The van der Waals surface area contributed by atoms with Gasteiger partial charge in [-0.2, -0.15) is 0 Å². The Morgan fingerprint density at radius 3 is 2.71 bits per heavy atom. The Hall–Kier alpha value is -0.910. The molecule has 116 valence electrons. The fourth-order valence-electron chi connectivity index (χ4n) is 2.90. The quantitative estimate of drug-likeness (QED) is 0.764. The lowest BCUT2D eigenvalue weighted by Gasteiger charge is -2.27. The third kappa shape index (κ3) is 4.28. The van der Waals surface area contributed by atoms with Crippen LogP contribution in [0.3, 0.4) is 0 Å². The van der Waals surface area contributed by atoms with Crippen LogP contribution in [0.2, 0.25) is 0 Å². The average Bonchev–Trinajstić information content (AvgIpc) is 3.00. The number of hydrogen-bond acceptors (Lipinski definition) is 4. The van der Waals surface area contributed by atoms with Crippen LogP contribution in [0.25, 0.3) is 0 Å². The number of ether oxygens (including phenoxy) is 1. The molecule has 4 nitrogen and oxygen atoms in total. The van der Waals surface area contributed by atoms with Crippen molar-refractivity contribution in [1.29, 1.82) is 0 Å². The second-order valence-corrected chi connectivity index (χ2v) is 6.26. The van der Waals surface area contributed by atoms with Gasteiger partial charge in [0.1, 0.15) is 5.75 Å². The first-order valence-electron chi connectivity index (χ1n) is 7.37. The van der Waals surface area contributed by atoms with Crippen molar-refractivity contribution in [2.75, 3.05) is 26.8 Å². The maximum absolute atomic E-state index is 12.5. The van der Waals surface area contributed by atoms with E-state index in [1.54, 1.807) is 25.3 Å². The van der Waals surface area contributed by atoms with Crippen LogP contribution in [-0.2, 0) is 0 Å². The summed E-state index contributed by atoms with van der Waals surface area (Å²) >= 11 is 3.41. The first-order valence-corrected chi connectivity index (χ1v) is 8.16. The molecule has 1 aromatic carbocycles. The molecule has 0 bridgehead atoms. The predicted molar refractivity (Wildman–Crippen MR) is 85.9 cm³/mol. The van der Waals surface area contributed by atoms with Gasteiger partial charge in [0.05, 0.1) is 24.7 Å². The Labute approximate surface area is 134 Å². The molecule has 0 spiro atoms. The van der Waals surface area contributed by atoms with Gasteiger partial charge >= 0.3 is 0 Å². The number of nitrogens with zero attached hydrogens (tertiary/aromatic N) is 1. The van der Waals surface area contributed by atoms with Gasteiger partial charge in [-0.05, 0) is 47.0 Å². The monoisotopic (exact) mass is 355 g/mol. The van der Waals surface area contributed by atoms with Gasteiger partial charge in [-0.3, -0.25) is 9.69 Å². The molecule has 1 fully saturated rings. The molecule has 0 atom stereocenters. The van der Waals surface area contributed by atoms with Gasteiger partial charge in [0.15, 0.2) is 5.78 Å². The van der Waals surface area contributed by atoms with Crippen LogP contribution >= 0.6 is 15.9 Å². The van der Waals surface area contributed by atoms with Crippen LogP contribution in [0.5, 0.6) is 5.75 Å². The van der Waals surface area contributed by atoms with Gasteiger partial charge in [0.25, 0.3) is 0 Å². The summed E-state index contributed by atoms with van der Waals surface area (Å²) in [4.78, 5) is 14.6. The molecule has 0 radical (unpaired) electrons. The molecule has 21 heavy (non-hydrogen) atoms. The molecular weight excluding hydrogens is 334 g/mol. The van der Waals surface area contributed by atoms with E-state index in [9.17, 15) is 9.90 Å². The zero-order valence-corrected chi connectivity index (χ0v) is 13.9. The van der Waals surface area contributed by atoms with Crippen molar-refractivity contribution in [3.05, 3.63) is 28.2 Å². The number of hydrogen-bond donors (Lipinski definition) is 1. The van der Waals surface area contributed by atoms with Gasteiger partial charge < -0.3 is 9.84 Å². The predicted octanol–water partition coefficient (Wildman–Crippen LogP) is 2.88. The van der Waals surface area contributed by atoms with Crippen molar-refractivity contribution in [2.24, 2.45) is 0 Å². The summed E-state index contributed by atoms with van der Waals surface area (Å²) in [6.45, 7) is 1.02. The molecule has 0 aliphatic heterocycles. The van der Waals surface area contributed by atoms with E-state index < -0.39 is 0 Å². The Balaban J connectivity index is 2.05. The molecule has 0 saturated heterocycles. The van der Waals surface area contributed by atoms with Crippen LogP contribution < -0.4 is 4.74 Å². The van der Waals surface area contributed by atoms with Crippen LogP contribution in [0.4, 0.5) is 0 Å². The lowest BCUT2D eigenvalue weighted by Crippen LogP contribution is -2.39. The van der Waals surface area contributed by atoms with Crippen molar-refractivity contribution in [3.63, 3.8) is 0 Å². The number of halogens is 1. The molecule has 0 aromatic heterocycles. The van der Waals surface area contributed by atoms with Crippen LogP contribution in [0, 0.1) is 0 Å². The second-order valence-electron chi connectivity index (χ2n) is 5.40. The smallest absolute Gasteiger partial charge is 0.176 e. The molecule has 1 N–H and O–H groups in total. The van der Waals surface area contributed by atoms with Gasteiger partial charge in [0, 0.05) is 18.2 Å². The molecule has 1 saturated carbocycles. The van der Waals surface area contributed by atoms with Crippen LogP contribution in [0.1, 0.15) is 36.0 Å². The lowest BCUT2D eigenvalue weighted by molar-refractivity contribution is 0.0862. The zero-order valence-electron chi connectivity index (χ0n) is 12.3. The second kappa shape index (κ2) is 7.92. The molecule has 0 unspecified atom stereocenters. The van der Waals surface area contributed by atoms with E-state index in [2.05, 4.69) is 20.8 Å². The molecule has 5 heteroatoms. The molecular formula is C16H22BrNO3. The number of methoxy groups -OCH3 is 1. The Morgan fingerprint density at radius 1 is 1.43 bits per heavy atom. The Bertz CT molecular complexity index is 486. The Kier molecular flexibility index (Phi) is 6.21. The zero-order chi connectivity index (χ0) is 15.2. The third-order valence-corrected chi connectivity index (χ3v) is 4.67. The minimum atomic E-state index is 0.0821. The summed E-state index contributed by atoms with van der Waals surface area (Å²) in [5.41, 5.74) is 0.670. The molecule has 1 aliphatic carbocycles. The van der Waals surface area contributed by atoms with Crippen molar-refractivity contribution in [1.82, 2.24) is 4.90 Å². The summed E-state index contributed by atoms with van der Waals surface area (Å²) in [6.07, 6.45) is 4.68. The summed E-state index contributed by atoms with van der Waals surface area (Å²) in [6, 6.07) is 5.82. The molecule has 0 amide bonds. The summed E-state index contributed by atoms with van der Waals surface area (Å²) in [5.74, 6) is 0.799. The lowest BCUT2D eigenvalue weighted by atomic mass is 10.1. The molecule has 1 aromatic rings. The van der Waals surface area contributed by atoms with Gasteiger partial charge in [-0.1, -0.05) is 12.8 Å². The number of benzene rings is 1. The SMILES string of the molecule is COc1ccc(C(=O)CN(CCO)C2CCCC2)cc1Br. The van der Waals surface area contributed by atoms with Crippen LogP contribution in [0.15, 0.2) is 22.7 Å². The largest absolute Gasteiger partial charge is 0.496 e. The summed E-state index contributed by atoms with van der Waals surface area (Å²) in [7, 11) is 1.60. The van der Waals surface area contributed by atoms with E-state index >= 15 is 0 Å². The van der Waals surface area contributed by atoms with Crippen molar-refractivity contribution >= 4 is 21.7 Å². The van der Waals surface area contributed by atoms with E-state index in [1.165, 1.54) is 12.8 Å². The number of aliphatic hydroxyl groups is 1. The van der Waals surface area contributed by atoms with Gasteiger partial charge in [-0.15, -0.1) is 0 Å². The fourth-order valence-corrected chi connectivity index (χ4v) is 3.44. The maximum Gasteiger partial charge on any atom is 0.176 e. The highest BCUT2D eigenvalue weighted by Gasteiger charge is 2.24. The molecule has 0 heterocycles. The van der Waals surface area contributed by atoms with Crippen LogP contribution in [-0.4, -0.2) is 48.6 Å². The van der Waals surface area contributed by atoms with E-state index in [-0.39, 0.29) is 12.4 Å². The highest BCUT2D eigenvalue weighted by Crippen LogP contribution is 2.27. The minimum absolute atomic E-state index is 0.0821. The van der Waals surface area contributed by atoms with E-state index in [0.29, 0.717) is 24.7 Å². The van der Waals surface area contributed by atoms with E-state index in [1.807, 2.05) is 0 Å². The average molecular weight is 356 g/mol. The minimum Gasteiger partial charge on any atom is -0.496 e. The third-order valence-electron chi connectivity index (χ3n) is 4.05. The fraction of sp³-hybridized carbons (Fsp3) is 0.562. The standard InChI is InChI=1S/C16H22BrNO3/c1-21-16-7-6-12(10-14(16)17)15(20)11-18(8-9-19)13-4-2-3-5-13/h6-7,10,13,19H,2-5,8-9,11H2,1H3. The topological polar surface area (TPSA) is 49.8 Å². The summed E-state index contributed by atoms with van der Waals surface area (Å²) in [5, 5.41) is 9.22. The number of aliphatic hydroxyl groups excluding tert-OH is 1. The van der Waals surface area contributed by atoms with E-state index in [4.69, 9.17) is 4.74 Å². The van der Waals surface area contributed by atoms with E-state index in [0.717, 1.165) is 23.1 Å². The number of carbonyl (C=O) groups excluding carboxylic acids is 1. The number of carbonyl (C=O) groups is 1. The van der Waals surface area contributed by atoms with Crippen molar-refractivity contribution in [3.8, 4) is 5.75 Å². The molecule has 2 rings (SSSR count). The summed E-state index contributed by atoms with van der Waals surface area (Å²) < 4.78 is 5.96. The van der Waals surface area contributed by atoms with Crippen molar-refractivity contribution in [2.45, 2.75) is 31.7 Å². The number of Topliss-reactive ketones (excluding diaryl/α,β-unsaturated/α-hetero) is 1. The Morgan fingerprint density at radius 2 is 2.14 bits per heavy atom.